The number of halogens is 5. The molecule has 8 nitrogen and oxygen atoms in total. The van der Waals surface area contributed by atoms with Gasteiger partial charge in [0.25, 0.3) is 5.91 Å². The van der Waals surface area contributed by atoms with E-state index in [1.807, 2.05) is 6.92 Å². The van der Waals surface area contributed by atoms with Gasteiger partial charge in [-0.2, -0.15) is 18.3 Å². The predicted octanol–water partition coefficient (Wildman–Crippen LogP) is 5.89. The van der Waals surface area contributed by atoms with Crippen LogP contribution in [0.1, 0.15) is 97.6 Å². The maximum Gasteiger partial charge on any atom is 0.389 e. The molecule has 2 aliphatic carbocycles. The summed E-state index contributed by atoms with van der Waals surface area (Å²) in [6.45, 7) is 1.95. The zero-order valence-corrected chi connectivity index (χ0v) is 23.1. The summed E-state index contributed by atoms with van der Waals surface area (Å²) < 4.78 is 67.3. The highest BCUT2D eigenvalue weighted by Gasteiger charge is 2.40. The van der Waals surface area contributed by atoms with Crippen molar-refractivity contribution in [3.8, 4) is 0 Å². The molecule has 3 aromatic rings. The van der Waals surface area contributed by atoms with E-state index < -0.39 is 42.9 Å². The largest absolute Gasteiger partial charge is 0.389 e. The minimum atomic E-state index is -4.42. The number of imidazole rings is 1. The van der Waals surface area contributed by atoms with E-state index in [0.29, 0.717) is 28.9 Å². The summed E-state index contributed by atoms with van der Waals surface area (Å²) in [5, 5.41) is 10.1. The number of nitrogens with one attached hydrogen (secondary N) is 2. The highest BCUT2D eigenvalue weighted by Crippen LogP contribution is 2.43. The first-order chi connectivity index (χ1) is 19.9. The number of carbonyl (C=O) groups is 2. The Morgan fingerprint density at radius 2 is 1.74 bits per heavy atom. The lowest BCUT2D eigenvalue weighted by Gasteiger charge is -2.33. The van der Waals surface area contributed by atoms with Crippen LogP contribution in [0.5, 0.6) is 0 Å². The van der Waals surface area contributed by atoms with Crippen LogP contribution in [0.3, 0.4) is 0 Å². The Bertz CT molecular complexity index is 1430. The average molecular weight is 593 g/mol. The molecule has 0 aromatic carbocycles. The Kier molecular flexibility index (Phi) is 8.47. The van der Waals surface area contributed by atoms with E-state index in [2.05, 4.69) is 20.7 Å². The number of hydrogen-bond donors (Lipinski definition) is 2. The number of carbonyl (C=O) groups excluding carboxylic acids is 2. The molecule has 0 radical (unpaired) electrons. The summed E-state index contributed by atoms with van der Waals surface area (Å²) in [6.07, 6.45) is 2.21. The van der Waals surface area contributed by atoms with E-state index in [9.17, 15) is 31.5 Å². The summed E-state index contributed by atoms with van der Waals surface area (Å²) in [5.41, 5.74) is 2.73. The van der Waals surface area contributed by atoms with Gasteiger partial charge in [0.05, 0.1) is 42.2 Å². The SMILES string of the molecule is CCc1cncc(C(=O)N[C@H](c2cn3ncc([C@H](NC(=O)CCC(F)(F)F)C4CC4)cc3n2)C2CCC(F)(F)CC2)c1. The zero-order valence-electron chi connectivity index (χ0n) is 23.1. The number of aromatic nitrogens is 4. The number of aryl methyl sites for hydroxylation is 1. The molecular weight excluding hydrogens is 559 g/mol. The first kappa shape index (κ1) is 29.8. The number of amides is 2. The molecule has 2 fully saturated rings. The van der Waals surface area contributed by atoms with Crippen LogP contribution in [0.15, 0.2) is 36.9 Å². The van der Waals surface area contributed by atoms with Gasteiger partial charge in [-0.3, -0.25) is 14.6 Å². The topological polar surface area (TPSA) is 101 Å². The molecule has 226 valence electrons. The minimum Gasteiger partial charge on any atom is -0.349 e. The first-order valence-electron chi connectivity index (χ1n) is 14.2. The summed E-state index contributed by atoms with van der Waals surface area (Å²) >= 11 is 0. The highest BCUT2D eigenvalue weighted by molar-refractivity contribution is 5.94. The molecule has 0 bridgehead atoms. The van der Waals surface area contributed by atoms with E-state index in [1.165, 1.54) is 10.7 Å². The van der Waals surface area contributed by atoms with E-state index in [4.69, 9.17) is 4.98 Å². The molecule has 0 unspecified atom stereocenters. The van der Waals surface area contributed by atoms with Gasteiger partial charge in [-0.05, 0) is 67.2 Å². The molecule has 3 heterocycles. The maximum atomic E-state index is 14.0. The van der Waals surface area contributed by atoms with E-state index >= 15 is 0 Å². The van der Waals surface area contributed by atoms with Crippen molar-refractivity contribution in [3.05, 3.63) is 59.3 Å². The molecule has 0 aliphatic heterocycles. The zero-order chi connectivity index (χ0) is 30.1. The second-order valence-corrected chi connectivity index (χ2v) is 11.3. The van der Waals surface area contributed by atoms with Crippen molar-refractivity contribution in [3.63, 3.8) is 0 Å². The van der Waals surface area contributed by atoms with Crippen molar-refractivity contribution in [2.24, 2.45) is 11.8 Å². The molecule has 13 heteroatoms. The van der Waals surface area contributed by atoms with Gasteiger partial charge in [0, 0.05) is 31.7 Å². The molecule has 42 heavy (non-hydrogen) atoms. The minimum absolute atomic E-state index is 0.0851. The van der Waals surface area contributed by atoms with E-state index in [1.54, 1.807) is 30.7 Å². The number of hydrogen-bond acceptors (Lipinski definition) is 5. The lowest BCUT2D eigenvalue weighted by Crippen LogP contribution is -2.37. The molecule has 2 N–H and O–H groups in total. The lowest BCUT2D eigenvalue weighted by atomic mass is 9.81. The van der Waals surface area contributed by atoms with Gasteiger partial charge in [0.15, 0.2) is 5.65 Å². The van der Waals surface area contributed by atoms with Crippen LogP contribution in [-0.2, 0) is 11.2 Å². The summed E-state index contributed by atoms with van der Waals surface area (Å²) in [7, 11) is 0. The monoisotopic (exact) mass is 592 g/mol. The lowest BCUT2D eigenvalue weighted by molar-refractivity contribution is -0.144. The van der Waals surface area contributed by atoms with E-state index in [-0.39, 0.29) is 43.4 Å². The van der Waals surface area contributed by atoms with Crippen LogP contribution in [0, 0.1) is 11.8 Å². The third-order valence-electron chi connectivity index (χ3n) is 8.07. The van der Waals surface area contributed by atoms with Gasteiger partial charge in [-0.15, -0.1) is 0 Å². The second kappa shape index (κ2) is 11.9. The third-order valence-corrected chi connectivity index (χ3v) is 8.07. The second-order valence-electron chi connectivity index (χ2n) is 11.3. The normalized spacial score (nSPS) is 18.9. The van der Waals surface area contributed by atoms with Crippen LogP contribution in [0.25, 0.3) is 5.65 Å². The van der Waals surface area contributed by atoms with Gasteiger partial charge < -0.3 is 10.6 Å². The van der Waals surface area contributed by atoms with Crippen LogP contribution in [-0.4, -0.2) is 43.5 Å². The fraction of sp³-hybridized carbons (Fsp3) is 0.552. The fourth-order valence-corrected chi connectivity index (χ4v) is 5.49. The van der Waals surface area contributed by atoms with Crippen LogP contribution >= 0.6 is 0 Å². The summed E-state index contributed by atoms with van der Waals surface area (Å²) in [5.74, 6) is -4.02. The molecule has 5 rings (SSSR count). The number of fused-ring (bicyclic) bond motifs is 1. The van der Waals surface area contributed by atoms with Gasteiger partial charge >= 0.3 is 6.18 Å². The Labute approximate surface area is 239 Å². The Balaban J connectivity index is 1.40. The van der Waals surface area contributed by atoms with Crippen molar-refractivity contribution in [2.45, 2.75) is 88.9 Å². The molecule has 2 saturated carbocycles. The highest BCUT2D eigenvalue weighted by atomic mass is 19.4. The predicted molar refractivity (Wildman–Crippen MR) is 143 cm³/mol. The van der Waals surface area contributed by atoms with Gasteiger partial charge in [0.1, 0.15) is 0 Å². The molecular formula is C29H33F5N6O2. The Hall–Kier alpha value is -3.64. The molecule has 0 spiro atoms. The Morgan fingerprint density at radius 3 is 2.40 bits per heavy atom. The van der Waals surface area contributed by atoms with Crippen molar-refractivity contribution >= 4 is 17.5 Å². The van der Waals surface area contributed by atoms with Crippen molar-refractivity contribution in [1.29, 1.82) is 0 Å². The van der Waals surface area contributed by atoms with Crippen molar-refractivity contribution < 1.29 is 31.5 Å². The molecule has 3 aromatic heterocycles. The fourth-order valence-electron chi connectivity index (χ4n) is 5.49. The molecule has 0 saturated heterocycles. The molecule has 2 atom stereocenters. The number of pyridine rings is 1. The summed E-state index contributed by atoms with van der Waals surface area (Å²) in [6, 6.07) is 2.29. The van der Waals surface area contributed by atoms with Gasteiger partial charge in [-0.1, -0.05) is 6.92 Å². The standard InChI is InChI=1S/C29H33F5N6O2/c1-2-17-11-21(14-35-13-17)27(42)39-26(19-5-8-28(30,31)9-6-19)22-16-40-23(37-22)12-20(15-36-40)25(18-3-4-18)38-24(41)7-10-29(32,33)34/h11-16,18-19,25-26H,2-10H2,1H3,(H,38,41)(H,39,42)/t25-,26+/m1/s1. The number of nitrogens with zero attached hydrogens (tertiary/aromatic N) is 4. The van der Waals surface area contributed by atoms with Crippen LogP contribution < -0.4 is 10.6 Å². The van der Waals surface area contributed by atoms with Crippen LogP contribution in [0.2, 0.25) is 0 Å². The average Bonchev–Trinajstić information content (AvgIpc) is 3.71. The van der Waals surface area contributed by atoms with E-state index in [0.717, 1.165) is 18.4 Å². The van der Waals surface area contributed by atoms with Crippen LogP contribution in [0.4, 0.5) is 22.0 Å². The first-order valence-corrected chi connectivity index (χ1v) is 14.2. The summed E-state index contributed by atoms with van der Waals surface area (Å²) in [4.78, 5) is 34.4. The maximum absolute atomic E-state index is 14.0. The van der Waals surface area contributed by atoms with Gasteiger partial charge in [0.2, 0.25) is 11.8 Å². The smallest absolute Gasteiger partial charge is 0.349 e. The molecule has 2 aliphatic rings. The van der Waals surface area contributed by atoms with Crippen molar-refractivity contribution in [2.75, 3.05) is 0 Å². The third kappa shape index (κ3) is 7.40. The van der Waals surface area contributed by atoms with Gasteiger partial charge in [-0.25, -0.2) is 18.3 Å². The van der Waals surface area contributed by atoms with Crippen molar-refractivity contribution in [1.82, 2.24) is 30.2 Å². The molecule has 2 amide bonds. The number of alkyl halides is 5. The Morgan fingerprint density at radius 1 is 1.02 bits per heavy atom. The number of rotatable bonds is 10. The quantitative estimate of drug-likeness (QED) is 0.286.